The molecule has 1 aliphatic rings. The van der Waals surface area contributed by atoms with E-state index in [2.05, 4.69) is 5.32 Å². The Morgan fingerprint density at radius 2 is 1.62 bits per heavy atom. The number of nitrogens with zero attached hydrogens (tertiary/aromatic N) is 2. The van der Waals surface area contributed by atoms with Crippen LogP contribution in [0.15, 0.2) is 78.9 Å². The first-order valence-corrected chi connectivity index (χ1v) is 16.4. The quantitative estimate of drug-likeness (QED) is 0.290. The molecule has 1 fully saturated rings. The van der Waals surface area contributed by atoms with Gasteiger partial charge in [-0.25, -0.2) is 8.42 Å². The highest BCUT2D eigenvalue weighted by molar-refractivity contribution is 7.92. The molecule has 42 heavy (non-hydrogen) atoms. The molecule has 3 aromatic carbocycles. The smallest absolute Gasteiger partial charge is 0.244 e. The maximum Gasteiger partial charge on any atom is 0.244 e. The second-order valence-electron chi connectivity index (χ2n) is 10.7. The number of carbonyl (C=O) groups is 2. The molecule has 0 spiro atoms. The van der Waals surface area contributed by atoms with E-state index in [1.807, 2.05) is 36.4 Å². The topological polar surface area (TPSA) is 96.0 Å². The summed E-state index contributed by atoms with van der Waals surface area (Å²) >= 11 is 6.19. The molecule has 4 rings (SSSR count). The predicted molar refractivity (Wildman–Crippen MR) is 166 cm³/mol. The van der Waals surface area contributed by atoms with E-state index < -0.39 is 28.5 Å². The minimum Gasteiger partial charge on any atom is -0.489 e. The van der Waals surface area contributed by atoms with Crippen LogP contribution in [0.2, 0.25) is 5.02 Å². The van der Waals surface area contributed by atoms with Crippen LogP contribution in [0.4, 0.5) is 5.69 Å². The zero-order chi connectivity index (χ0) is 30.1. The van der Waals surface area contributed by atoms with Crippen LogP contribution in [0, 0.1) is 0 Å². The molecule has 2 amide bonds. The van der Waals surface area contributed by atoms with E-state index in [4.69, 9.17) is 16.3 Å². The van der Waals surface area contributed by atoms with Crippen LogP contribution < -0.4 is 14.4 Å². The molecule has 0 aliphatic heterocycles. The Hall–Kier alpha value is -3.56. The molecule has 0 aromatic heterocycles. The second kappa shape index (κ2) is 14.6. The number of anilines is 1. The zero-order valence-electron chi connectivity index (χ0n) is 24.0. The van der Waals surface area contributed by atoms with Crippen molar-refractivity contribution in [1.29, 1.82) is 0 Å². The fraction of sp³-hybridized carbons (Fsp3) is 0.375. The van der Waals surface area contributed by atoms with Gasteiger partial charge in [0.05, 0.1) is 11.9 Å². The van der Waals surface area contributed by atoms with E-state index in [-0.39, 0.29) is 18.5 Å². The van der Waals surface area contributed by atoms with Crippen LogP contribution in [-0.2, 0) is 32.8 Å². The van der Waals surface area contributed by atoms with Gasteiger partial charge in [0.1, 0.15) is 24.9 Å². The van der Waals surface area contributed by atoms with Crippen LogP contribution in [-0.4, -0.2) is 50.0 Å². The Morgan fingerprint density at radius 1 is 0.952 bits per heavy atom. The number of ether oxygens (including phenoxy) is 1. The summed E-state index contributed by atoms with van der Waals surface area (Å²) in [6.45, 7) is 1.67. The summed E-state index contributed by atoms with van der Waals surface area (Å²) in [6.07, 6.45) is 6.15. The Kier molecular flexibility index (Phi) is 10.9. The first kappa shape index (κ1) is 31.4. The number of hydrogen-bond donors (Lipinski definition) is 1. The summed E-state index contributed by atoms with van der Waals surface area (Å²) in [7, 11) is -3.84. The molecule has 0 bridgehead atoms. The predicted octanol–water partition coefficient (Wildman–Crippen LogP) is 5.55. The standard InChI is InChI=1S/C32H38ClN3O5S/c1-24(32(38)34-28-14-7-4-8-15-28)35(21-26-12-9-13-27(33)20-26)31(37)22-36(42(2,39)40)29-16-18-30(19-17-29)41-23-25-10-5-3-6-11-25/h3,5-6,9-13,16-20,24,28H,4,7-8,14-15,21-23H2,1-2H3,(H,34,38)/t24-/m1/s1. The van der Waals surface area contributed by atoms with E-state index >= 15 is 0 Å². The molecular weight excluding hydrogens is 574 g/mol. The van der Waals surface area contributed by atoms with Crippen molar-refractivity contribution in [3.05, 3.63) is 95.0 Å². The molecule has 1 aliphatic carbocycles. The number of benzene rings is 3. The average molecular weight is 612 g/mol. The lowest BCUT2D eigenvalue weighted by atomic mass is 9.95. The van der Waals surface area contributed by atoms with Gasteiger partial charge in [0.25, 0.3) is 0 Å². The van der Waals surface area contributed by atoms with E-state index in [1.54, 1.807) is 49.4 Å². The van der Waals surface area contributed by atoms with Crippen LogP contribution in [0.3, 0.4) is 0 Å². The Morgan fingerprint density at radius 3 is 2.26 bits per heavy atom. The van der Waals surface area contributed by atoms with Gasteiger partial charge in [0, 0.05) is 17.6 Å². The van der Waals surface area contributed by atoms with E-state index in [0.717, 1.165) is 53.8 Å². The highest BCUT2D eigenvalue weighted by Gasteiger charge is 2.31. The SMILES string of the molecule is C[C@H](C(=O)NC1CCCCC1)N(Cc1cccc(Cl)c1)C(=O)CN(c1ccc(OCc2ccccc2)cc1)S(C)(=O)=O. The Bertz CT molecular complexity index is 1440. The molecule has 1 atom stereocenters. The number of sulfonamides is 1. The van der Waals surface area contributed by atoms with Gasteiger partial charge in [-0.15, -0.1) is 0 Å². The number of amides is 2. The van der Waals surface area contributed by atoms with Gasteiger partial charge in [-0.1, -0.05) is 73.3 Å². The normalized spacial score (nSPS) is 14.5. The van der Waals surface area contributed by atoms with Crippen molar-refractivity contribution in [3.8, 4) is 5.75 Å². The van der Waals surface area contributed by atoms with Crippen molar-refractivity contribution in [2.75, 3.05) is 17.1 Å². The molecule has 8 nitrogen and oxygen atoms in total. The largest absolute Gasteiger partial charge is 0.489 e. The van der Waals surface area contributed by atoms with Gasteiger partial charge in [-0.2, -0.15) is 0 Å². The molecule has 3 aromatic rings. The van der Waals surface area contributed by atoms with Crippen molar-refractivity contribution in [2.24, 2.45) is 0 Å². The van der Waals surface area contributed by atoms with Crippen molar-refractivity contribution in [3.63, 3.8) is 0 Å². The lowest BCUT2D eigenvalue weighted by molar-refractivity contribution is -0.139. The lowest BCUT2D eigenvalue weighted by Gasteiger charge is -2.33. The number of rotatable bonds is 12. The fourth-order valence-electron chi connectivity index (χ4n) is 5.05. The second-order valence-corrected chi connectivity index (χ2v) is 13.1. The van der Waals surface area contributed by atoms with E-state index in [1.165, 1.54) is 4.90 Å². The zero-order valence-corrected chi connectivity index (χ0v) is 25.6. The molecule has 1 saturated carbocycles. The van der Waals surface area contributed by atoms with Crippen LogP contribution in [0.5, 0.6) is 5.75 Å². The van der Waals surface area contributed by atoms with Gasteiger partial charge in [0.15, 0.2) is 0 Å². The number of nitrogens with one attached hydrogen (secondary N) is 1. The monoisotopic (exact) mass is 611 g/mol. The van der Waals surface area contributed by atoms with Gasteiger partial charge in [0.2, 0.25) is 21.8 Å². The third-order valence-electron chi connectivity index (χ3n) is 7.41. The molecular formula is C32H38ClN3O5S. The highest BCUT2D eigenvalue weighted by Crippen LogP contribution is 2.24. The number of hydrogen-bond acceptors (Lipinski definition) is 5. The first-order valence-electron chi connectivity index (χ1n) is 14.2. The summed E-state index contributed by atoms with van der Waals surface area (Å²) < 4.78 is 32.6. The average Bonchev–Trinajstić information content (AvgIpc) is 2.98. The van der Waals surface area contributed by atoms with Crippen molar-refractivity contribution < 1.29 is 22.7 Å². The number of halogens is 1. The lowest BCUT2D eigenvalue weighted by Crippen LogP contribution is -2.52. The summed E-state index contributed by atoms with van der Waals surface area (Å²) in [5.41, 5.74) is 2.06. The van der Waals surface area contributed by atoms with Gasteiger partial charge >= 0.3 is 0 Å². The van der Waals surface area contributed by atoms with E-state index in [9.17, 15) is 18.0 Å². The fourth-order valence-corrected chi connectivity index (χ4v) is 6.11. The summed E-state index contributed by atoms with van der Waals surface area (Å²) in [5.74, 6) is -0.197. The minimum atomic E-state index is -3.84. The van der Waals surface area contributed by atoms with Crippen molar-refractivity contribution in [1.82, 2.24) is 10.2 Å². The number of carbonyl (C=O) groups excluding carboxylic acids is 2. The van der Waals surface area contributed by atoms with E-state index in [0.29, 0.717) is 23.1 Å². The van der Waals surface area contributed by atoms with Crippen LogP contribution in [0.25, 0.3) is 0 Å². The first-order chi connectivity index (χ1) is 20.1. The summed E-state index contributed by atoms with van der Waals surface area (Å²) in [4.78, 5) is 28.5. The maximum atomic E-state index is 13.8. The Labute approximate surface area is 253 Å². The van der Waals surface area contributed by atoms with Crippen LogP contribution in [0.1, 0.15) is 50.2 Å². The van der Waals surface area contributed by atoms with Crippen molar-refractivity contribution in [2.45, 2.75) is 64.3 Å². The molecule has 0 unspecified atom stereocenters. The molecule has 1 N–H and O–H groups in total. The third kappa shape index (κ3) is 8.97. The molecule has 0 saturated heterocycles. The van der Waals surface area contributed by atoms with Gasteiger partial charge in [-0.3, -0.25) is 13.9 Å². The van der Waals surface area contributed by atoms with Crippen LogP contribution >= 0.6 is 11.6 Å². The van der Waals surface area contributed by atoms with Gasteiger partial charge < -0.3 is 15.0 Å². The molecule has 10 heteroatoms. The third-order valence-corrected chi connectivity index (χ3v) is 8.79. The molecule has 224 valence electrons. The maximum absolute atomic E-state index is 13.8. The Balaban J connectivity index is 1.52. The van der Waals surface area contributed by atoms with Gasteiger partial charge in [-0.05, 0) is 67.3 Å². The minimum absolute atomic E-state index is 0.0759. The van der Waals surface area contributed by atoms with Crippen molar-refractivity contribution >= 4 is 39.1 Å². The molecule has 0 heterocycles. The summed E-state index contributed by atoms with van der Waals surface area (Å²) in [6, 6.07) is 22.6. The molecule has 0 radical (unpaired) electrons. The highest BCUT2D eigenvalue weighted by atomic mass is 35.5. The summed E-state index contributed by atoms with van der Waals surface area (Å²) in [5, 5.41) is 3.60.